The van der Waals surface area contributed by atoms with Crippen LogP contribution in [0.15, 0.2) is 43.0 Å². The number of alkyl halides is 5. The van der Waals surface area contributed by atoms with Crippen molar-refractivity contribution >= 4 is 27.8 Å². The summed E-state index contributed by atoms with van der Waals surface area (Å²) in [6.07, 6.45) is 1.28. The third kappa shape index (κ3) is 4.08. The molecule has 0 spiro atoms. The van der Waals surface area contributed by atoms with Crippen molar-refractivity contribution < 1.29 is 22.0 Å². The van der Waals surface area contributed by atoms with E-state index in [1.807, 2.05) is 0 Å². The van der Waals surface area contributed by atoms with Crippen molar-refractivity contribution in [3.05, 3.63) is 48.5 Å². The maximum Gasteiger partial charge on any atom is 0.416 e. The standard InChI is InChI=1S/C22H19F5N6/c23-21(24)4-3-16(28)18(6-21)32-20-31-8-11-7-29-9-15(19(11)33-20)14-10-30-17-5-12(22(25,26)27)1-2-13(14)17/h1-2,5,7-10,16,18,30H,3-4,6,28H2,(H,31,32,33). The first-order valence-corrected chi connectivity index (χ1v) is 10.3. The number of aromatic nitrogens is 4. The van der Waals surface area contributed by atoms with Gasteiger partial charge in [0, 0.05) is 77.1 Å². The number of anilines is 1. The largest absolute Gasteiger partial charge is 0.416 e. The maximum atomic E-state index is 13.9. The molecule has 172 valence electrons. The lowest BCUT2D eigenvalue weighted by Crippen LogP contribution is -2.48. The number of H-pyrrole nitrogens is 1. The molecule has 3 aromatic heterocycles. The monoisotopic (exact) mass is 462 g/mol. The quantitative estimate of drug-likeness (QED) is 0.368. The molecule has 0 bridgehead atoms. The van der Waals surface area contributed by atoms with Crippen LogP contribution in [0.2, 0.25) is 0 Å². The molecule has 0 amide bonds. The molecule has 0 radical (unpaired) electrons. The molecule has 4 aromatic rings. The van der Waals surface area contributed by atoms with Crippen LogP contribution in [0.5, 0.6) is 0 Å². The van der Waals surface area contributed by atoms with E-state index in [1.54, 1.807) is 18.6 Å². The van der Waals surface area contributed by atoms with Gasteiger partial charge < -0.3 is 16.0 Å². The van der Waals surface area contributed by atoms with Crippen molar-refractivity contribution in [1.29, 1.82) is 0 Å². The minimum absolute atomic E-state index is 0.146. The van der Waals surface area contributed by atoms with Gasteiger partial charge in [-0.15, -0.1) is 0 Å². The molecule has 0 saturated heterocycles. The average molecular weight is 462 g/mol. The normalized spacial score (nSPS) is 20.9. The summed E-state index contributed by atoms with van der Waals surface area (Å²) in [5.74, 6) is -2.66. The third-order valence-electron chi connectivity index (χ3n) is 5.98. The lowest BCUT2D eigenvalue weighted by Gasteiger charge is -2.34. The van der Waals surface area contributed by atoms with E-state index in [0.717, 1.165) is 12.1 Å². The highest BCUT2D eigenvalue weighted by Crippen LogP contribution is 2.37. The van der Waals surface area contributed by atoms with Gasteiger partial charge in [-0.1, -0.05) is 6.07 Å². The van der Waals surface area contributed by atoms with Gasteiger partial charge in [-0.25, -0.2) is 18.7 Å². The minimum atomic E-state index is -4.45. The van der Waals surface area contributed by atoms with Gasteiger partial charge >= 0.3 is 6.18 Å². The molecule has 1 aliphatic rings. The Morgan fingerprint density at radius 3 is 2.73 bits per heavy atom. The zero-order valence-corrected chi connectivity index (χ0v) is 17.1. The van der Waals surface area contributed by atoms with Gasteiger partial charge in [0.05, 0.1) is 11.1 Å². The lowest BCUT2D eigenvalue weighted by atomic mass is 9.88. The molecule has 2 unspecified atom stereocenters. The van der Waals surface area contributed by atoms with Crippen molar-refractivity contribution in [3.8, 4) is 11.1 Å². The predicted molar refractivity (Wildman–Crippen MR) is 114 cm³/mol. The summed E-state index contributed by atoms with van der Waals surface area (Å²) < 4.78 is 66.9. The fraction of sp³-hybridized carbons (Fsp3) is 0.318. The lowest BCUT2D eigenvalue weighted by molar-refractivity contribution is -0.137. The van der Waals surface area contributed by atoms with Crippen molar-refractivity contribution in [2.75, 3.05) is 5.32 Å². The smallest absolute Gasteiger partial charge is 0.361 e. The van der Waals surface area contributed by atoms with Crippen molar-refractivity contribution in [1.82, 2.24) is 19.9 Å². The third-order valence-corrected chi connectivity index (χ3v) is 5.98. The number of nitrogens with zero attached hydrogens (tertiary/aromatic N) is 3. The van der Waals surface area contributed by atoms with Crippen LogP contribution in [0, 0.1) is 0 Å². The fourth-order valence-electron chi connectivity index (χ4n) is 4.22. The van der Waals surface area contributed by atoms with Crippen molar-refractivity contribution in [3.63, 3.8) is 0 Å². The first-order valence-electron chi connectivity index (χ1n) is 10.3. The summed E-state index contributed by atoms with van der Waals surface area (Å²) in [5.41, 5.74) is 7.26. The number of fused-ring (bicyclic) bond motifs is 2. The zero-order chi connectivity index (χ0) is 23.4. The molecule has 0 aliphatic heterocycles. The van der Waals surface area contributed by atoms with E-state index >= 15 is 0 Å². The molecule has 1 aromatic carbocycles. The van der Waals surface area contributed by atoms with Gasteiger partial charge in [-0.2, -0.15) is 13.2 Å². The molecule has 11 heteroatoms. The molecular formula is C22H19F5N6. The number of hydrogen-bond donors (Lipinski definition) is 3. The number of pyridine rings is 1. The Hall–Kier alpha value is -3.34. The van der Waals surface area contributed by atoms with Gasteiger partial charge in [-0.3, -0.25) is 4.98 Å². The minimum Gasteiger partial charge on any atom is -0.361 e. The van der Waals surface area contributed by atoms with E-state index in [9.17, 15) is 22.0 Å². The van der Waals surface area contributed by atoms with Gasteiger partial charge in [0.2, 0.25) is 11.9 Å². The zero-order valence-electron chi connectivity index (χ0n) is 17.1. The van der Waals surface area contributed by atoms with Gasteiger partial charge in [0.15, 0.2) is 0 Å². The van der Waals surface area contributed by atoms with E-state index < -0.39 is 36.2 Å². The van der Waals surface area contributed by atoms with Crippen LogP contribution in [-0.2, 0) is 6.18 Å². The Balaban J connectivity index is 1.54. The molecule has 2 atom stereocenters. The molecule has 5 rings (SSSR count). The number of nitrogens with one attached hydrogen (secondary N) is 2. The summed E-state index contributed by atoms with van der Waals surface area (Å²) in [6.45, 7) is 0. The molecule has 1 fully saturated rings. The van der Waals surface area contributed by atoms with Crippen LogP contribution in [0.4, 0.5) is 27.9 Å². The summed E-state index contributed by atoms with van der Waals surface area (Å²) in [5, 5.41) is 4.10. The topological polar surface area (TPSA) is 92.5 Å². The summed E-state index contributed by atoms with van der Waals surface area (Å²) in [6, 6.07) is 2.31. The van der Waals surface area contributed by atoms with Crippen molar-refractivity contribution in [2.45, 2.75) is 43.4 Å². The summed E-state index contributed by atoms with van der Waals surface area (Å²) >= 11 is 0. The van der Waals surface area contributed by atoms with Crippen LogP contribution >= 0.6 is 0 Å². The Bertz CT molecular complexity index is 1330. The molecule has 3 heterocycles. The fourth-order valence-corrected chi connectivity index (χ4v) is 4.22. The number of aromatic amines is 1. The van der Waals surface area contributed by atoms with Crippen LogP contribution in [0.3, 0.4) is 0 Å². The number of nitrogens with two attached hydrogens (primary N) is 1. The summed E-state index contributed by atoms with van der Waals surface area (Å²) in [7, 11) is 0. The van der Waals surface area contributed by atoms with E-state index in [0.29, 0.717) is 32.9 Å². The van der Waals surface area contributed by atoms with Gasteiger partial charge in [0.25, 0.3) is 0 Å². The number of hydrogen-bond acceptors (Lipinski definition) is 5. The molecule has 4 N–H and O–H groups in total. The first kappa shape index (κ1) is 21.5. The predicted octanol–water partition coefficient (Wildman–Crippen LogP) is 5.12. The molecule has 1 aliphatic carbocycles. The second-order valence-electron chi connectivity index (χ2n) is 8.29. The van der Waals surface area contributed by atoms with Crippen LogP contribution in [0.1, 0.15) is 24.8 Å². The number of halogens is 5. The molecular weight excluding hydrogens is 443 g/mol. The van der Waals surface area contributed by atoms with E-state index in [-0.39, 0.29) is 18.8 Å². The maximum absolute atomic E-state index is 13.9. The highest BCUT2D eigenvalue weighted by Gasteiger charge is 2.40. The van der Waals surface area contributed by atoms with Crippen LogP contribution < -0.4 is 11.1 Å². The van der Waals surface area contributed by atoms with E-state index in [1.165, 1.54) is 12.3 Å². The van der Waals surface area contributed by atoms with Crippen molar-refractivity contribution in [2.24, 2.45) is 5.73 Å². The van der Waals surface area contributed by atoms with Crippen LogP contribution in [-0.4, -0.2) is 37.9 Å². The van der Waals surface area contributed by atoms with E-state index in [4.69, 9.17) is 5.73 Å². The Labute approximate surface area is 184 Å². The molecule has 1 saturated carbocycles. The SMILES string of the molecule is NC1CCC(F)(F)CC1Nc1ncc2cncc(-c3c[nH]c4cc(C(F)(F)F)ccc34)c2n1. The first-order chi connectivity index (χ1) is 15.6. The second kappa shape index (κ2) is 7.62. The van der Waals surface area contributed by atoms with Gasteiger partial charge in [-0.05, 0) is 18.6 Å². The summed E-state index contributed by atoms with van der Waals surface area (Å²) in [4.78, 5) is 15.8. The Kier molecular flexibility index (Phi) is 4.96. The highest BCUT2D eigenvalue weighted by molar-refractivity contribution is 6.03. The van der Waals surface area contributed by atoms with E-state index in [2.05, 4.69) is 25.3 Å². The Morgan fingerprint density at radius 1 is 1.12 bits per heavy atom. The Morgan fingerprint density at radius 2 is 1.94 bits per heavy atom. The highest BCUT2D eigenvalue weighted by atomic mass is 19.4. The number of rotatable bonds is 3. The average Bonchev–Trinajstić information content (AvgIpc) is 3.18. The van der Waals surface area contributed by atoms with Gasteiger partial charge in [0.1, 0.15) is 0 Å². The van der Waals surface area contributed by atoms with Crippen LogP contribution in [0.25, 0.3) is 32.9 Å². The number of benzene rings is 1. The second-order valence-corrected chi connectivity index (χ2v) is 8.29. The molecule has 33 heavy (non-hydrogen) atoms. The molecule has 6 nitrogen and oxygen atoms in total.